The van der Waals surface area contributed by atoms with E-state index in [9.17, 15) is 18.0 Å². The van der Waals surface area contributed by atoms with Crippen LogP contribution >= 0.6 is 11.6 Å². The number of nitrogens with one attached hydrogen (secondary N) is 3. The van der Waals surface area contributed by atoms with E-state index in [2.05, 4.69) is 36.1 Å². The van der Waals surface area contributed by atoms with Crippen molar-refractivity contribution < 1.29 is 18.0 Å². The van der Waals surface area contributed by atoms with Gasteiger partial charge in [-0.15, -0.1) is 0 Å². The molecule has 7 nitrogen and oxygen atoms in total. The highest BCUT2D eigenvalue weighted by Gasteiger charge is 2.21. The number of halogens is 1. The second-order valence-electron chi connectivity index (χ2n) is 10.4. The van der Waals surface area contributed by atoms with E-state index >= 15 is 0 Å². The highest BCUT2D eigenvalue weighted by molar-refractivity contribution is 7.92. The first-order chi connectivity index (χ1) is 18.8. The van der Waals surface area contributed by atoms with E-state index in [-0.39, 0.29) is 26.8 Å². The largest absolute Gasteiger partial charge is 0.322 e. The van der Waals surface area contributed by atoms with Crippen molar-refractivity contribution in [2.24, 2.45) is 0 Å². The monoisotopic (exact) mass is 575 g/mol. The molecule has 0 radical (unpaired) electrons. The fourth-order valence-corrected chi connectivity index (χ4v) is 5.55. The van der Waals surface area contributed by atoms with Crippen LogP contribution in [0.5, 0.6) is 0 Å². The van der Waals surface area contributed by atoms with Crippen molar-refractivity contribution in [3.63, 3.8) is 0 Å². The molecule has 0 unspecified atom stereocenters. The molecule has 0 spiro atoms. The molecule has 0 fully saturated rings. The Labute approximate surface area is 239 Å². The number of hydrogen-bond acceptors (Lipinski definition) is 4. The standard InChI is InChI=1S/C31H30ClN3O4S/c1-20-7-5-10-26(17-20)35-40(38,39)28-18-22(13-16-27(28)32)30(37)34-25-9-6-8-24(19-25)33-29(36)21-11-14-23(15-12-21)31(2,3)4/h5-19,35H,1-4H3,(H,33,36)(H,34,37). The average molecular weight is 576 g/mol. The summed E-state index contributed by atoms with van der Waals surface area (Å²) in [5, 5.41) is 5.56. The van der Waals surface area contributed by atoms with E-state index in [0.717, 1.165) is 11.1 Å². The van der Waals surface area contributed by atoms with Crippen LogP contribution in [0.15, 0.2) is 95.9 Å². The molecule has 0 aliphatic rings. The van der Waals surface area contributed by atoms with E-state index < -0.39 is 15.9 Å². The summed E-state index contributed by atoms with van der Waals surface area (Å²) in [6.45, 7) is 8.16. The first-order valence-electron chi connectivity index (χ1n) is 12.5. The van der Waals surface area contributed by atoms with Gasteiger partial charge in [0.1, 0.15) is 4.90 Å². The maximum atomic E-state index is 13.0. The minimum atomic E-state index is -4.06. The zero-order chi connectivity index (χ0) is 29.1. The second-order valence-corrected chi connectivity index (χ2v) is 12.5. The Bertz CT molecular complexity index is 1680. The van der Waals surface area contributed by atoms with Gasteiger partial charge in [-0.3, -0.25) is 14.3 Å². The Morgan fingerprint density at radius 3 is 1.85 bits per heavy atom. The van der Waals surface area contributed by atoms with Crippen LogP contribution in [0.1, 0.15) is 52.6 Å². The molecular weight excluding hydrogens is 546 g/mol. The van der Waals surface area contributed by atoms with Crippen LogP contribution in [0, 0.1) is 6.92 Å². The average Bonchev–Trinajstić information content (AvgIpc) is 2.88. The van der Waals surface area contributed by atoms with Gasteiger partial charge in [-0.25, -0.2) is 8.42 Å². The predicted octanol–water partition coefficient (Wildman–Crippen LogP) is 7.25. The molecule has 40 heavy (non-hydrogen) atoms. The van der Waals surface area contributed by atoms with Crippen molar-refractivity contribution in [1.82, 2.24) is 0 Å². The molecule has 4 aromatic carbocycles. The maximum Gasteiger partial charge on any atom is 0.263 e. The van der Waals surface area contributed by atoms with Crippen LogP contribution in [-0.2, 0) is 15.4 Å². The zero-order valence-electron chi connectivity index (χ0n) is 22.6. The van der Waals surface area contributed by atoms with Crippen molar-refractivity contribution in [2.75, 3.05) is 15.4 Å². The first-order valence-corrected chi connectivity index (χ1v) is 14.4. The Kier molecular flexibility index (Phi) is 8.32. The van der Waals surface area contributed by atoms with Gasteiger partial charge in [0.25, 0.3) is 21.8 Å². The van der Waals surface area contributed by atoms with E-state index in [1.54, 1.807) is 54.6 Å². The summed E-state index contributed by atoms with van der Waals surface area (Å²) in [6, 6.07) is 25.0. The van der Waals surface area contributed by atoms with Gasteiger partial charge in [-0.1, -0.05) is 62.7 Å². The van der Waals surface area contributed by atoms with E-state index in [1.807, 2.05) is 25.1 Å². The topological polar surface area (TPSA) is 104 Å². The van der Waals surface area contributed by atoms with Crippen molar-refractivity contribution >= 4 is 50.5 Å². The number of rotatable bonds is 7. The Balaban J connectivity index is 1.48. The van der Waals surface area contributed by atoms with Gasteiger partial charge in [0.2, 0.25) is 0 Å². The summed E-state index contributed by atoms with van der Waals surface area (Å²) in [6.07, 6.45) is 0. The lowest BCUT2D eigenvalue weighted by atomic mass is 9.87. The predicted molar refractivity (Wildman–Crippen MR) is 161 cm³/mol. The molecule has 0 saturated carbocycles. The number of amides is 2. The molecule has 0 saturated heterocycles. The quantitative estimate of drug-likeness (QED) is 0.216. The van der Waals surface area contributed by atoms with E-state index in [4.69, 9.17) is 11.6 Å². The molecule has 0 heterocycles. The van der Waals surface area contributed by atoms with Gasteiger partial charge >= 0.3 is 0 Å². The van der Waals surface area contributed by atoms with Gasteiger partial charge in [-0.2, -0.15) is 0 Å². The van der Waals surface area contributed by atoms with Gasteiger partial charge in [0, 0.05) is 28.2 Å². The van der Waals surface area contributed by atoms with Crippen LogP contribution in [0.4, 0.5) is 17.1 Å². The Morgan fingerprint density at radius 2 is 1.25 bits per heavy atom. The second kappa shape index (κ2) is 11.5. The van der Waals surface area contributed by atoms with Crippen molar-refractivity contribution in [2.45, 2.75) is 38.0 Å². The lowest BCUT2D eigenvalue weighted by Crippen LogP contribution is -2.17. The molecule has 0 bridgehead atoms. The molecule has 0 atom stereocenters. The van der Waals surface area contributed by atoms with E-state index in [1.165, 1.54) is 18.2 Å². The van der Waals surface area contributed by atoms with Gasteiger partial charge < -0.3 is 10.6 Å². The highest BCUT2D eigenvalue weighted by Crippen LogP contribution is 2.27. The number of hydrogen-bond donors (Lipinski definition) is 3. The summed E-state index contributed by atoms with van der Waals surface area (Å²) in [5.41, 5.74) is 3.89. The summed E-state index contributed by atoms with van der Waals surface area (Å²) >= 11 is 6.20. The minimum Gasteiger partial charge on any atom is -0.322 e. The number of sulfonamides is 1. The highest BCUT2D eigenvalue weighted by atomic mass is 35.5. The van der Waals surface area contributed by atoms with Crippen molar-refractivity contribution in [3.8, 4) is 0 Å². The van der Waals surface area contributed by atoms with Gasteiger partial charge in [-0.05, 0) is 84.1 Å². The number of carbonyl (C=O) groups is 2. The molecular formula is C31H30ClN3O4S. The molecule has 4 aromatic rings. The van der Waals surface area contributed by atoms with Gasteiger partial charge in [0.15, 0.2) is 0 Å². The van der Waals surface area contributed by atoms with Crippen LogP contribution in [0.2, 0.25) is 5.02 Å². The third kappa shape index (κ3) is 7.08. The molecule has 0 aliphatic carbocycles. The maximum absolute atomic E-state index is 13.0. The lowest BCUT2D eigenvalue weighted by molar-refractivity contribution is 0.101. The van der Waals surface area contributed by atoms with Crippen LogP contribution in [0.3, 0.4) is 0 Å². The molecule has 0 aliphatic heterocycles. The number of carbonyl (C=O) groups excluding carboxylic acids is 2. The third-order valence-corrected chi connectivity index (χ3v) is 8.01. The molecule has 3 N–H and O–H groups in total. The molecule has 206 valence electrons. The van der Waals surface area contributed by atoms with Crippen LogP contribution in [-0.4, -0.2) is 20.2 Å². The first kappa shape index (κ1) is 28.9. The third-order valence-electron chi connectivity index (χ3n) is 6.14. The lowest BCUT2D eigenvalue weighted by Gasteiger charge is -2.19. The summed E-state index contributed by atoms with van der Waals surface area (Å²) in [4.78, 5) is 25.6. The summed E-state index contributed by atoms with van der Waals surface area (Å²) < 4.78 is 28.6. The van der Waals surface area contributed by atoms with Crippen LogP contribution in [0.25, 0.3) is 0 Å². The Morgan fingerprint density at radius 1 is 0.700 bits per heavy atom. The Hall–Kier alpha value is -4.14. The molecule has 4 rings (SSSR count). The number of benzene rings is 4. The fraction of sp³-hybridized carbons (Fsp3) is 0.161. The normalized spacial score (nSPS) is 11.5. The number of anilines is 3. The fourth-order valence-electron chi connectivity index (χ4n) is 3.97. The zero-order valence-corrected chi connectivity index (χ0v) is 24.2. The molecule has 9 heteroatoms. The SMILES string of the molecule is Cc1cccc(NS(=O)(=O)c2cc(C(=O)Nc3cccc(NC(=O)c4ccc(C(C)(C)C)cc4)c3)ccc2Cl)c1. The van der Waals surface area contributed by atoms with Crippen molar-refractivity contribution in [3.05, 3.63) is 118 Å². The molecule has 2 amide bonds. The van der Waals surface area contributed by atoms with Crippen LogP contribution < -0.4 is 15.4 Å². The van der Waals surface area contributed by atoms with E-state index in [0.29, 0.717) is 22.6 Å². The summed E-state index contributed by atoms with van der Waals surface area (Å²) in [5.74, 6) is -0.817. The van der Waals surface area contributed by atoms with Crippen molar-refractivity contribution in [1.29, 1.82) is 0 Å². The van der Waals surface area contributed by atoms with Gasteiger partial charge in [0.05, 0.1) is 5.02 Å². The number of aryl methyl sites for hydroxylation is 1. The summed E-state index contributed by atoms with van der Waals surface area (Å²) in [7, 11) is -4.06. The minimum absolute atomic E-state index is 0.0167. The molecule has 0 aromatic heterocycles. The smallest absolute Gasteiger partial charge is 0.263 e.